The van der Waals surface area contributed by atoms with E-state index in [4.69, 9.17) is 9.47 Å². The summed E-state index contributed by atoms with van der Waals surface area (Å²) in [5.74, 6) is 0.718. The number of nitrogens with one attached hydrogen (secondary N) is 2. The minimum atomic E-state index is -0.0996. The van der Waals surface area contributed by atoms with Crippen LogP contribution in [0.15, 0.2) is 12.1 Å². The van der Waals surface area contributed by atoms with Crippen LogP contribution < -0.4 is 20.3 Å². The fourth-order valence-corrected chi connectivity index (χ4v) is 4.29. The quantitative estimate of drug-likeness (QED) is 0.846. The van der Waals surface area contributed by atoms with Gasteiger partial charge >= 0.3 is 6.03 Å². The number of carbonyl (C=O) groups is 1. The van der Waals surface area contributed by atoms with Crippen molar-refractivity contribution in [1.82, 2.24) is 15.2 Å². The van der Waals surface area contributed by atoms with Crippen molar-refractivity contribution in [2.24, 2.45) is 0 Å². The Hall–Kier alpha value is -2.10. The van der Waals surface area contributed by atoms with Crippen LogP contribution in [0.2, 0.25) is 0 Å². The zero-order chi connectivity index (χ0) is 17.9. The number of aromatic nitrogens is 1. The second kappa shape index (κ2) is 7.65. The van der Waals surface area contributed by atoms with E-state index in [2.05, 4.69) is 26.6 Å². The number of morpholine rings is 1. The highest BCUT2D eigenvalue weighted by Crippen LogP contribution is 2.39. The monoisotopic (exact) mass is 377 g/mol. The maximum Gasteiger partial charge on any atom is 0.323 e. The van der Waals surface area contributed by atoms with Gasteiger partial charge < -0.3 is 24.6 Å². The number of nitrogens with zero attached hydrogens (tertiary/aromatic N) is 3. The summed E-state index contributed by atoms with van der Waals surface area (Å²) in [7, 11) is 1.64. The minimum Gasteiger partial charge on any atom is -0.494 e. The first kappa shape index (κ1) is 17.3. The van der Waals surface area contributed by atoms with E-state index < -0.39 is 0 Å². The normalized spacial score (nSPS) is 18.2. The number of fused-ring (bicyclic) bond motifs is 1. The van der Waals surface area contributed by atoms with Crippen molar-refractivity contribution in [3.05, 3.63) is 12.1 Å². The predicted octanol–water partition coefficient (Wildman–Crippen LogP) is 1.58. The number of thiazole rings is 1. The van der Waals surface area contributed by atoms with Gasteiger partial charge in [0.15, 0.2) is 5.13 Å². The van der Waals surface area contributed by atoms with E-state index in [1.54, 1.807) is 7.11 Å². The van der Waals surface area contributed by atoms with Crippen molar-refractivity contribution >= 4 is 38.4 Å². The lowest BCUT2D eigenvalue weighted by Crippen LogP contribution is -2.48. The number of ether oxygens (including phenoxy) is 2. The summed E-state index contributed by atoms with van der Waals surface area (Å²) in [6, 6.07) is 3.90. The molecule has 3 heterocycles. The second-order valence-electron chi connectivity index (χ2n) is 6.25. The molecule has 0 unspecified atom stereocenters. The van der Waals surface area contributed by atoms with Crippen LogP contribution in [0.5, 0.6) is 5.75 Å². The molecule has 9 heteroatoms. The molecule has 2 aliphatic rings. The Morgan fingerprint density at radius 3 is 2.77 bits per heavy atom. The fraction of sp³-hybridized carbons (Fsp3) is 0.529. The highest BCUT2D eigenvalue weighted by molar-refractivity contribution is 7.23. The molecule has 0 spiro atoms. The van der Waals surface area contributed by atoms with Gasteiger partial charge in [-0.1, -0.05) is 11.3 Å². The molecule has 1 aromatic carbocycles. The third-order valence-electron chi connectivity index (χ3n) is 4.68. The zero-order valence-electron chi connectivity index (χ0n) is 14.8. The van der Waals surface area contributed by atoms with Crippen LogP contribution in [0, 0.1) is 0 Å². The van der Waals surface area contributed by atoms with Crippen LogP contribution in [0.3, 0.4) is 0 Å². The molecular formula is C17H23N5O3S. The summed E-state index contributed by atoms with van der Waals surface area (Å²) in [5.41, 5.74) is 1.90. The number of methoxy groups -OCH3 is 1. The number of rotatable bonds is 3. The van der Waals surface area contributed by atoms with Gasteiger partial charge in [0.1, 0.15) is 11.3 Å². The topological polar surface area (TPSA) is 79.0 Å². The van der Waals surface area contributed by atoms with E-state index >= 15 is 0 Å². The van der Waals surface area contributed by atoms with E-state index in [1.807, 2.05) is 11.0 Å². The average Bonchev–Trinajstić information content (AvgIpc) is 3.12. The van der Waals surface area contributed by atoms with Crippen molar-refractivity contribution < 1.29 is 14.3 Å². The van der Waals surface area contributed by atoms with Crippen LogP contribution in [0.25, 0.3) is 10.2 Å². The molecule has 2 aliphatic heterocycles. The molecule has 1 aromatic heterocycles. The molecule has 0 saturated carbocycles. The van der Waals surface area contributed by atoms with Gasteiger partial charge in [0.2, 0.25) is 0 Å². The zero-order valence-corrected chi connectivity index (χ0v) is 15.6. The Balaban J connectivity index is 1.62. The third kappa shape index (κ3) is 3.42. The standard InChI is InChI=1S/C17H23N5O3S/c1-24-13-3-2-12(21-8-10-25-11-9-21)15-14(13)19-16(26-15)20-17(23)22-6-4-18-5-7-22/h2-3,18H,4-11H2,1H3,(H,19,20,23). The molecule has 2 saturated heterocycles. The molecule has 2 aromatic rings. The van der Waals surface area contributed by atoms with Gasteiger partial charge in [-0.25, -0.2) is 9.78 Å². The number of anilines is 2. The van der Waals surface area contributed by atoms with Crippen LogP contribution >= 0.6 is 11.3 Å². The van der Waals surface area contributed by atoms with Crippen molar-refractivity contribution in [2.75, 3.05) is 69.8 Å². The Morgan fingerprint density at radius 2 is 2.04 bits per heavy atom. The van der Waals surface area contributed by atoms with Gasteiger partial charge in [-0.15, -0.1) is 0 Å². The molecule has 0 radical (unpaired) electrons. The number of urea groups is 1. The van der Waals surface area contributed by atoms with Gasteiger partial charge in [-0.05, 0) is 12.1 Å². The average molecular weight is 377 g/mol. The van der Waals surface area contributed by atoms with Crippen molar-refractivity contribution in [1.29, 1.82) is 0 Å². The molecule has 26 heavy (non-hydrogen) atoms. The number of hydrogen-bond donors (Lipinski definition) is 2. The van der Waals surface area contributed by atoms with E-state index in [1.165, 1.54) is 11.3 Å². The first-order chi connectivity index (χ1) is 12.8. The second-order valence-corrected chi connectivity index (χ2v) is 7.25. The van der Waals surface area contributed by atoms with E-state index in [-0.39, 0.29) is 6.03 Å². The van der Waals surface area contributed by atoms with Crippen molar-refractivity contribution in [3.8, 4) is 5.75 Å². The maximum atomic E-state index is 12.5. The van der Waals surface area contributed by atoms with E-state index in [9.17, 15) is 4.79 Å². The van der Waals surface area contributed by atoms with E-state index in [0.29, 0.717) is 18.2 Å². The molecule has 2 N–H and O–H groups in total. The van der Waals surface area contributed by atoms with Crippen molar-refractivity contribution in [2.45, 2.75) is 0 Å². The molecule has 0 aliphatic carbocycles. The lowest BCUT2D eigenvalue weighted by atomic mass is 10.2. The van der Waals surface area contributed by atoms with Crippen LogP contribution in [-0.2, 0) is 4.74 Å². The summed E-state index contributed by atoms with van der Waals surface area (Å²) in [4.78, 5) is 21.2. The Morgan fingerprint density at radius 1 is 1.27 bits per heavy atom. The molecule has 140 valence electrons. The number of amides is 2. The van der Waals surface area contributed by atoms with Gasteiger partial charge in [0.25, 0.3) is 0 Å². The summed E-state index contributed by atoms with van der Waals surface area (Å²) < 4.78 is 12.0. The molecule has 4 rings (SSSR count). The van der Waals surface area contributed by atoms with Gasteiger partial charge in [0, 0.05) is 39.3 Å². The summed E-state index contributed by atoms with van der Waals surface area (Å²) in [6.45, 7) is 6.20. The first-order valence-corrected chi connectivity index (χ1v) is 9.65. The number of hydrogen-bond acceptors (Lipinski definition) is 7. The molecule has 2 amide bonds. The molecule has 0 bridgehead atoms. The number of carbonyl (C=O) groups excluding carboxylic acids is 1. The molecular weight excluding hydrogens is 354 g/mol. The molecule has 0 atom stereocenters. The van der Waals surface area contributed by atoms with Gasteiger partial charge in [-0.3, -0.25) is 5.32 Å². The lowest BCUT2D eigenvalue weighted by molar-refractivity contribution is 0.123. The molecule has 2 fully saturated rings. The molecule has 8 nitrogen and oxygen atoms in total. The maximum absolute atomic E-state index is 12.5. The Bertz CT molecular complexity index is 784. The third-order valence-corrected chi connectivity index (χ3v) is 5.67. The van der Waals surface area contributed by atoms with Crippen molar-refractivity contribution in [3.63, 3.8) is 0 Å². The minimum absolute atomic E-state index is 0.0996. The highest BCUT2D eigenvalue weighted by atomic mass is 32.1. The van der Waals surface area contributed by atoms with E-state index in [0.717, 1.165) is 61.0 Å². The Kier molecular flexibility index (Phi) is 5.09. The fourth-order valence-electron chi connectivity index (χ4n) is 3.28. The predicted molar refractivity (Wildman–Crippen MR) is 103 cm³/mol. The summed E-state index contributed by atoms with van der Waals surface area (Å²) in [6.07, 6.45) is 0. The lowest BCUT2D eigenvalue weighted by Gasteiger charge is -2.29. The van der Waals surface area contributed by atoms with Gasteiger partial charge in [0.05, 0.1) is 30.7 Å². The van der Waals surface area contributed by atoms with Crippen LogP contribution in [-0.4, -0.2) is 75.5 Å². The number of benzene rings is 1. The van der Waals surface area contributed by atoms with Gasteiger partial charge in [-0.2, -0.15) is 0 Å². The first-order valence-electron chi connectivity index (χ1n) is 8.83. The summed E-state index contributed by atoms with van der Waals surface area (Å²) in [5, 5.41) is 6.80. The Labute approximate surface area is 156 Å². The number of piperazine rings is 1. The largest absolute Gasteiger partial charge is 0.494 e. The van der Waals surface area contributed by atoms with Crippen LogP contribution in [0.1, 0.15) is 0 Å². The highest BCUT2D eigenvalue weighted by Gasteiger charge is 2.21. The smallest absolute Gasteiger partial charge is 0.323 e. The summed E-state index contributed by atoms with van der Waals surface area (Å²) >= 11 is 1.49. The van der Waals surface area contributed by atoms with Crippen LogP contribution in [0.4, 0.5) is 15.6 Å². The SMILES string of the molecule is COc1ccc(N2CCOCC2)c2sc(NC(=O)N3CCNCC3)nc12.